The Hall–Kier alpha value is 0.440. The van der Waals surface area contributed by atoms with E-state index in [9.17, 15) is 0 Å². The summed E-state index contributed by atoms with van der Waals surface area (Å²) in [5.74, 6) is 1.89. The molecule has 4 bridgehead atoms. The molecule has 4 saturated carbocycles. The molecule has 0 saturated heterocycles. The van der Waals surface area contributed by atoms with Crippen LogP contribution in [0.3, 0.4) is 0 Å². The van der Waals surface area contributed by atoms with Crippen LogP contribution in [0, 0.1) is 11.8 Å². The Labute approximate surface area is 88.4 Å². The first-order valence-electron chi connectivity index (χ1n) is 5.37. The molecule has 1 nitrogen and oxygen atoms in total. The van der Waals surface area contributed by atoms with E-state index in [4.69, 9.17) is 4.74 Å². The maximum absolute atomic E-state index is 5.79. The first-order valence-corrected chi connectivity index (χ1v) is 6.17. The van der Waals surface area contributed by atoms with Crippen LogP contribution in [-0.2, 0) is 4.74 Å². The predicted molar refractivity (Wildman–Crippen MR) is 56.1 cm³/mol. The van der Waals surface area contributed by atoms with Gasteiger partial charge in [-0.2, -0.15) is 0 Å². The maximum Gasteiger partial charge on any atom is 0.0697 e. The molecule has 2 atom stereocenters. The van der Waals surface area contributed by atoms with Gasteiger partial charge in [-0.25, -0.2) is 0 Å². The summed E-state index contributed by atoms with van der Waals surface area (Å²) in [5.41, 5.74) is 0.258. The largest absolute Gasteiger partial charge is 0.378 e. The van der Waals surface area contributed by atoms with E-state index in [1.54, 1.807) is 0 Å². The van der Waals surface area contributed by atoms with Gasteiger partial charge in [0, 0.05) is 11.4 Å². The van der Waals surface area contributed by atoms with Gasteiger partial charge in [-0.1, -0.05) is 15.9 Å². The fourth-order valence-corrected chi connectivity index (χ4v) is 5.73. The minimum Gasteiger partial charge on any atom is -0.378 e. The van der Waals surface area contributed by atoms with E-state index in [2.05, 4.69) is 15.9 Å². The van der Waals surface area contributed by atoms with Crippen LogP contribution in [0.25, 0.3) is 0 Å². The molecule has 0 radical (unpaired) electrons. The second-order valence-corrected chi connectivity index (χ2v) is 7.18. The van der Waals surface area contributed by atoms with E-state index in [-0.39, 0.29) is 5.60 Å². The highest BCUT2D eigenvalue weighted by molar-refractivity contribution is 9.10. The predicted octanol–water partition coefficient (Wildman–Crippen LogP) is 3.12. The summed E-state index contributed by atoms with van der Waals surface area (Å²) in [7, 11) is 1.91. The number of rotatable bonds is 1. The van der Waals surface area contributed by atoms with E-state index in [1.165, 1.54) is 38.5 Å². The van der Waals surface area contributed by atoms with Crippen molar-refractivity contribution in [3.63, 3.8) is 0 Å². The molecule has 2 heteroatoms. The molecule has 4 aliphatic rings. The third kappa shape index (κ3) is 1.21. The van der Waals surface area contributed by atoms with Crippen LogP contribution in [0.5, 0.6) is 0 Å². The van der Waals surface area contributed by atoms with E-state index >= 15 is 0 Å². The number of methoxy groups -OCH3 is 1. The van der Waals surface area contributed by atoms with Crippen molar-refractivity contribution < 1.29 is 4.74 Å². The lowest BCUT2D eigenvalue weighted by Crippen LogP contribution is -2.57. The summed E-state index contributed by atoms with van der Waals surface area (Å²) in [6, 6.07) is 0. The van der Waals surface area contributed by atoms with Crippen LogP contribution < -0.4 is 0 Å². The van der Waals surface area contributed by atoms with Crippen LogP contribution in [0.15, 0.2) is 0 Å². The Balaban J connectivity index is 1.95. The van der Waals surface area contributed by atoms with Crippen molar-refractivity contribution in [1.29, 1.82) is 0 Å². The zero-order chi connectivity index (χ0) is 9.10. The number of hydrogen-bond acceptors (Lipinski definition) is 1. The van der Waals surface area contributed by atoms with E-state index in [0.717, 1.165) is 11.8 Å². The first kappa shape index (κ1) is 8.72. The van der Waals surface area contributed by atoms with Gasteiger partial charge in [0.25, 0.3) is 0 Å². The van der Waals surface area contributed by atoms with Gasteiger partial charge in [-0.05, 0) is 50.4 Å². The van der Waals surface area contributed by atoms with Crippen molar-refractivity contribution in [3.05, 3.63) is 0 Å². The Morgan fingerprint density at radius 3 is 2.23 bits per heavy atom. The molecule has 13 heavy (non-hydrogen) atoms. The molecular weight excluding hydrogens is 228 g/mol. The van der Waals surface area contributed by atoms with Crippen LogP contribution in [-0.4, -0.2) is 17.0 Å². The standard InChI is InChI=1S/C11H17BrO/c1-13-11-5-8-2-9(6-11)4-10(12,3-8)7-11/h8-9H,2-7H2,1H3. The molecule has 0 aromatic rings. The molecule has 0 amide bonds. The lowest BCUT2D eigenvalue weighted by atomic mass is 9.54. The second kappa shape index (κ2) is 2.52. The van der Waals surface area contributed by atoms with Gasteiger partial charge in [-0.15, -0.1) is 0 Å². The van der Waals surface area contributed by atoms with Gasteiger partial charge in [0.15, 0.2) is 0 Å². The zero-order valence-electron chi connectivity index (χ0n) is 8.18. The van der Waals surface area contributed by atoms with Gasteiger partial charge < -0.3 is 4.74 Å². The van der Waals surface area contributed by atoms with Crippen LogP contribution >= 0.6 is 15.9 Å². The minimum absolute atomic E-state index is 0.258. The smallest absolute Gasteiger partial charge is 0.0697 e. The minimum atomic E-state index is 0.258. The zero-order valence-corrected chi connectivity index (χ0v) is 9.77. The normalized spacial score (nSPS) is 58.6. The summed E-state index contributed by atoms with van der Waals surface area (Å²) < 4.78 is 6.24. The summed E-state index contributed by atoms with van der Waals surface area (Å²) in [6.45, 7) is 0. The average molecular weight is 245 g/mol. The van der Waals surface area contributed by atoms with Crippen LogP contribution in [0.4, 0.5) is 0 Å². The number of hydrogen-bond donors (Lipinski definition) is 0. The summed E-state index contributed by atoms with van der Waals surface area (Å²) in [5, 5.41) is 0. The highest BCUT2D eigenvalue weighted by Gasteiger charge is 2.57. The Kier molecular flexibility index (Phi) is 1.69. The van der Waals surface area contributed by atoms with E-state index < -0.39 is 0 Å². The molecule has 4 fully saturated rings. The van der Waals surface area contributed by atoms with Gasteiger partial charge in [0.2, 0.25) is 0 Å². The van der Waals surface area contributed by atoms with Crippen LogP contribution in [0.2, 0.25) is 0 Å². The number of alkyl halides is 1. The molecule has 4 rings (SSSR count). The lowest BCUT2D eigenvalue weighted by Gasteiger charge is -2.59. The fourth-order valence-electron chi connectivity index (χ4n) is 4.31. The van der Waals surface area contributed by atoms with Gasteiger partial charge in [-0.3, -0.25) is 0 Å². The third-order valence-corrected chi connectivity index (χ3v) is 5.30. The molecule has 2 unspecified atom stereocenters. The van der Waals surface area contributed by atoms with Crippen molar-refractivity contribution in [1.82, 2.24) is 0 Å². The van der Waals surface area contributed by atoms with Crippen LogP contribution in [0.1, 0.15) is 38.5 Å². The van der Waals surface area contributed by atoms with Crippen molar-refractivity contribution >= 4 is 15.9 Å². The summed E-state index contributed by atoms with van der Waals surface area (Å²) in [4.78, 5) is 0. The Morgan fingerprint density at radius 1 is 1.15 bits per heavy atom. The monoisotopic (exact) mass is 244 g/mol. The average Bonchev–Trinajstić information content (AvgIpc) is 1.99. The number of ether oxygens (including phenoxy) is 1. The molecule has 74 valence electrons. The summed E-state index contributed by atoms with van der Waals surface area (Å²) >= 11 is 3.95. The van der Waals surface area contributed by atoms with E-state index in [0.29, 0.717) is 4.32 Å². The number of halogens is 1. The molecule has 4 aliphatic carbocycles. The molecule has 0 N–H and O–H groups in total. The van der Waals surface area contributed by atoms with Gasteiger partial charge in [0.1, 0.15) is 0 Å². The Morgan fingerprint density at radius 2 is 1.77 bits per heavy atom. The maximum atomic E-state index is 5.79. The first-order chi connectivity index (χ1) is 6.13. The molecule has 0 aliphatic heterocycles. The van der Waals surface area contributed by atoms with E-state index in [1.807, 2.05) is 7.11 Å². The lowest BCUT2D eigenvalue weighted by molar-refractivity contribution is -0.135. The fraction of sp³-hybridized carbons (Fsp3) is 1.00. The quantitative estimate of drug-likeness (QED) is 0.645. The van der Waals surface area contributed by atoms with Crippen molar-refractivity contribution in [2.45, 2.75) is 48.5 Å². The van der Waals surface area contributed by atoms with Crippen molar-refractivity contribution in [2.24, 2.45) is 11.8 Å². The van der Waals surface area contributed by atoms with Crippen molar-refractivity contribution in [3.8, 4) is 0 Å². The molecule has 0 heterocycles. The van der Waals surface area contributed by atoms with Crippen molar-refractivity contribution in [2.75, 3.05) is 7.11 Å². The molecule has 0 aromatic carbocycles. The molecule has 0 spiro atoms. The topological polar surface area (TPSA) is 9.23 Å². The van der Waals surface area contributed by atoms with Gasteiger partial charge in [0.05, 0.1) is 5.60 Å². The summed E-state index contributed by atoms with van der Waals surface area (Å²) in [6.07, 6.45) is 8.17. The second-order valence-electron chi connectivity index (χ2n) is 5.50. The highest BCUT2D eigenvalue weighted by atomic mass is 79.9. The SMILES string of the molecule is COC12CC3CC(CC(Br)(C3)C1)C2. The molecule has 0 aromatic heterocycles. The third-order valence-electron chi connectivity index (χ3n) is 4.37. The highest BCUT2D eigenvalue weighted by Crippen LogP contribution is 2.61. The van der Waals surface area contributed by atoms with Gasteiger partial charge >= 0.3 is 0 Å². The Bertz CT molecular complexity index is 224. The molecular formula is C11H17BrO.